The normalized spacial score (nSPS) is 11.7. The van der Waals surface area contributed by atoms with Gasteiger partial charge in [0.2, 0.25) is 11.8 Å². The molecule has 0 saturated carbocycles. The number of hydrogen-bond acceptors (Lipinski definition) is 4. The van der Waals surface area contributed by atoms with Gasteiger partial charge in [-0.05, 0) is 31.1 Å². The van der Waals surface area contributed by atoms with E-state index in [9.17, 15) is 9.59 Å². The van der Waals surface area contributed by atoms with Crippen LogP contribution in [-0.4, -0.2) is 24.2 Å². The minimum Gasteiger partial charge on any atom is -0.273 e. The lowest BCUT2D eigenvalue weighted by atomic mass is 10.2. The molecule has 0 aromatic rings. The molecular formula is C15H28N4O2. The van der Waals surface area contributed by atoms with Crippen LogP contribution in [0.15, 0.2) is 10.2 Å². The molecule has 21 heavy (non-hydrogen) atoms. The summed E-state index contributed by atoms with van der Waals surface area (Å²) in [6.07, 6.45) is 6.09. The highest BCUT2D eigenvalue weighted by Gasteiger charge is 2.03. The Balaban J connectivity index is 3.64. The Kier molecular flexibility index (Phi) is 11.1. The van der Waals surface area contributed by atoms with Crippen LogP contribution in [0.5, 0.6) is 0 Å². The van der Waals surface area contributed by atoms with Gasteiger partial charge in [0, 0.05) is 25.3 Å². The number of nitrogens with one attached hydrogen (secondary N) is 2. The van der Waals surface area contributed by atoms with Crippen LogP contribution in [0.2, 0.25) is 0 Å². The SMILES string of the molecule is CC(C)CC=NNC(=O)CCCC(=O)NN=CCC(C)C. The molecule has 6 nitrogen and oxygen atoms in total. The molecule has 0 spiro atoms. The van der Waals surface area contributed by atoms with Crippen molar-refractivity contribution < 1.29 is 9.59 Å². The van der Waals surface area contributed by atoms with Crippen LogP contribution < -0.4 is 10.9 Å². The predicted molar refractivity (Wildman–Crippen MR) is 86.0 cm³/mol. The van der Waals surface area contributed by atoms with E-state index in [0.717, 1.165) is 12.8 Å². The van der Waals surface area contributed by atoms with Gasteiger partial charge in [0.25, 0.3) is 0 Å². The van der Waals surface area contributed by atoms with E-state index in [0.29, 0.717) is 18.3 Å². The lowest BCUT2D eigenvalue weighted by Crippen LogP contribution is -2.20. The number of carbonyl (C=O) groups is 2. The Labute approximate surface area is 127 Å². The van der Waals surface area contributed by atoms with Crippen LogP contribution in [0.1, 0.15) is 59.8 Å². The van der Waals surface area contributed by atoms with Crippen molar-refractivity contribution in [3.05, 3.63) is 0 Å². The highest BCUT2D eigenvalue weighted by Crippen LogP contribution is 1.97. The second-order valence-electron chi connectivity index (χ2n) is 5.81. The molecule has 2 N–H and O–H groups in total. The summed E-state index contributed by atoms with van der Waals surface area (Å²) in [6.45, 7) is 8.32. The molecule has 0 aliphatic heterocycles. The Morgan fingerprint density at radius 2 is 1.24 bits per heavy atom. The number of nitrogens with zero attached hydrogens (tertiary/aromatic N) is 2. The Hall–Kier alpha value is -1.72. The van der Waals surface area contributed by atoms with Crippen LogP contribution in [0.4, 0.5) is 0 Å². The average molecular weight is 296 g/mol. The highest BCUT2D eigenvalue weighted by atomic mass is 16.2. The standard InChI is InChI=1S/C15H28N4O2/c1-12(2)8-10-16-18-14(20)6-5-7-15(21)19-17-11-9-13(3)4/h10-13H,5-9H2,1-4H3,(H,18,20)(H,19,21). The van der Waals surface area contributed by atoms with E-state index < -0.39 is 0 Å². The molecule has 6 heteroatoms. The molecule has 0 aliphatic rings. The summed E-state index contributed by atoms with van der Waals surface area (Å²) in [5.41, 5.74) is 4.89. The number of rotatable bonds is 10. The Morgan fingerprint density at radius 3 is 1.57 bits per heavy atom. The molecule has 0 saturated heterocycles. The van der Waals surface area contributed by atoms with Crippen molar-refractivity contribution >= 4 is 24.2 Å². The molecule has 0 aliphatic carbocycles. The minimum absolute atomic E-state index is 0.175. The first kappa shape index (κ1) is 19.3. The topological polar surface area (TPSA) is 82.9 Å². The summed E-state index contributed by atoms with van der Waals surface area (Å²) in [7, 11) is 0. The van der Waals surface area contributed by atoms with Gasteiger partial charge >= 0.3 is 0 Å². The average Bonchev–Trinajstić information content (AvgIpc) is 2.39. The van der Waals surface area contributed by atoms with E-state index in [4.69, 9.17) is 0 Å². The fourth-order valence-electron chi connectivity index (χ4n) is 1.28. The monoisotopic (exact) mass is 296 g/mol. The van der Waals surface area contributed by atoms with Crippen LogP contribution in [0, 0.1) is 11.8 Å². The third kappa shape index (κ3) is 14.5. The van der Waals surface area contributed by atoms with E-state index >= 15 is 0 Å². The van der Waals surface area contributed by atoms with E-state index in [1.807, 2.05) is 0 Å². The first-order valence-corrected chi connectivity index (χ1v) is 7.52. The number of hydrazone groups is 2. The quantitative estimate of drug-likeness (QED) is 0.479. The maximum absolute atomic E-state index is 11.4. The molecule has 0 aromatic carbocycles. The molecule has 0 heterocycles. The van der Waals surface area contributed by atoms with Gasteiger partial charge in [0.05, 0.1) is 0 Å². The van der Waals surface area contributed by atoms with Gasteiger partial charge in [-0.2, -0.15) is 10.2 Å². The summed E-state index contributed by atoms with van der Waals surface area (Å²) in [6, 6.07) is 0. The third-order valence-electron chi connectivity index (χ3n) is 2.52. The highest BCUT2D eigenvalue weighted by molar-refractivity contribution is 5.79. The van der Waals surface area contributed by atoms with Gasteiger partial charge in [-0.1, -0.05) is 27.7 Å². The van der Waals surface area contributed by atoms with Gasteiger partial charge in [-0.25, -0.2) is 10.9 Å². The van der Waals surface area contributed by atoms with Gasteiger partial charge in [0.1, 0.15) is 0 Å². The van der Waals surface area contributed by atoms with Crippen molar-refractivity contribution in [3.8, 4) is 0 Å². The van der Waals surface area contributed by atoms with Gasteiger partial charge in [0.15, 0.2) is 0 Å². The molecule has 0 rings (SSSR count). The molecule has 120 valence electrons. The van der Waals surface area contributed by atoms with Crippen LogP contribution in [0.3, 0.4) is 0 Å². The van der Waals surface area contributed by atoms with E-state index in [2.05, 4.69) is 48.7 Å². The molecule has 0 atom stereocenters. The number of hydrogen-bond donors (Lipinski definition) is 2. The van der Waals surface area contributed by atoms with Crippen molar-refractivity contribution in [2.75, 3.05) is 0 Å². The van der Waals surface area contributed by atoms with E-state index in [1.54, 1.807) is 12.4 Å². The summed E-state index contributed by atoms with van der Waals surface area (Å²) >= 11 is 0. The minimum atomic E-state index is -0.175. The summed E-state index contributed by atoms with van der Waals surface area (Å²) in [4.78, 5) is 22.8. The van der Waals surface area contributed by atoms with Crippen molar-refractivity contribution in [1.82, 2.24) is 10.9 Å². The molecule has 0 fully saturated rings. The second kappa shape index (κ2) is 12.1. The maximum Gasteiger partial charge on any atom is 0.240 e. The fraction of sp³-hybridized carbons (Fsp3) is 0.733. The number of carbonyl (C=O) groups excluding carboxylic acids is 2. The smallest absolute Gasteiger partial charge is 0.240 e. The summed E-state index contributed by atoms with van der Waals surface area (Å²) in [5.74, 6) is 0.688. The first-order valence-electron chi connectivity index (χ1n) is 7.52. The van der Waals surface area contributed by atoms with Crippen molar-refractivity contribution in [3.63, 3.8) is 0 Å². The van der Waals surface area contributed by atoms with Crippen molar-refractivity contribution in [1.29, 1.82) is 0 Å². The van der Waals surface area contributed by atoms with Crippen LogP contribution in [0.25, 0.3) is 0 Å². The fourth-order valence-corrected chi connectivity index (χ4v) is 1.28. The lowest BCUT2D eigenvalue weighted by Gasteiger charge is -2.01. The predicted octanol–water partition coefficient (Wildman–Crippen LogP) is 2.45. The van der Waals surface area contributed by atoms with E-state index in [-0.39, 0.29) is 24.7 Å². The van der Waals surface area contributed by atoms with Crippen molar-refractivity contribution in [2.24, 2.45) is 22.0 Å². The summed E-state index contributed by atoms with van der Waals surface area (Å²) in [5, 5.41) is 7.68. The first-order chi connectivity index (χ1) is 9.91. The van der Waals surface area contributed by atoms with Gasteiger partial charge in [-0.15, -0.1) is 0 Å². The second-order valence-corrected chi connectivity index (χ2v) is 5.81. The Bertz CT molecular complexity index is 329. The van der Waals surface area contributed by atoms with Crippen molar-refractivity contribution in [2.45, 2.75) is 59.8 Å². The molecule has 0 unspecified atom stereocenters. The molecule has 0 aromatic heterocycles. The van der Waals surface area contributed by atoms with Gasteiger partial charge < -0.3 is 0 Å². The Morgan fingerprint density at radius 1 is 0.857 bits per heavy atom. The largest absolute Gasteiger partial charge is 0.273 e. The molecular weight excluding hydrogens is 268 g/mol. The molecule has 0 radical (unpaired) electrons. The third-order valence-corrected chi connectivity index (χ3v) is 2.52. The zero-order valence-electron chi connectivity index (χ0n) is 13.6. The van der Waals surface area contributed by atoms with Gasteiger partial charge in [-0.3, -0.25) is 9.59 Å². The zero-order valence-corrected chi connectivity index (χ0v) is 13.6. The lowest BCUT2D eigenvalue weighted by molar-refractivity contribution is -0.122. The molecule has 2 amide bonds. The molecule has 0 bridgehead atoms. The van der Waals surface area contributed by atoms with Crippen LogP contribution >= 0.6 is 0 Å². The zero-order chi connectivity index (χ0) is 16.1. The number of amides is 2. The summed E-state index contributed by atoms with van der Waals surface area (Å²) < 4.78 is 0. The maximum atomic E-state index is 11.4. The van der Waals surface area contributed by atoms with E-state index in [1.165, 1.54) is 0 Å². The van der Waals surface area contributed by atoms with Crippen LogP contribution in [-0.2, 0) is 9.59 Å².